The highest BCUT2D eigenvalue weighted by atomic mass is 32.2. The Morgan fingerprint density at radius 1 is 1.00 bits per heavy atom. The number of esters is 1. The van der Waals surface area contributed by atoms with Crippen LogP contribution in [0.1, 0.15) is 10.4 Å². The van der Waals surface area contributed by atoms with Crippen LogP contribution in [0.15, 0.2) is 59.5 Å². The standard InChI is InChI=1S/C19H20N2O6S/c22-18(20-16-4-2-1-3-5-16)14-27-19(23)15-6-8-17(9-7-15)28(24,25)21-10-12-26-13-11-21/h1-9H,10-14H2,(H,20,22). The summed E-state index contributed by atoms with van der Waals surface area (Å²) in [5.41, 5.74) is 0.759. The monoisotopic (exact) mass is 404 g/mol. The average molecular weight is 404 g/mol. The van der Waals surface area contributed by atoms with Gasteiger partial charge in [0.1, 0.15) is 0 Å². The van der Waals surface area contributed by atoms with Gasteiger partial charge in [-0.1, -0.05) is 18.2 Å². The van der Waals surface area contributed by atoms with E-state index in [0.717, 1.165) is 0 Å². The molecule has 1 aliphatic heterocycles. The molecule has 28 heavy (non-hydrogen) atoms. The van der Waals surface area contributed by atoms with E-state index >= 15 is 0 Å². The first-order valence-corrected chi connectivity index (χ1v) is 10.1. The molecule has 1 saturated heterocycles. The van der Waals surface area contributed by atoms with Gasteiger partial charge >= 0.3 is 5.97 Å². The van der Waals surface area contributed by atoms with Crippen molar-refractivity contribution in [2.45, 2.75) is 4.90 Å². The summed E-state index contributed by atoms with van der Waals surface area (Å²) >= 11 is 0. The van der Waals surface area contributed by atoms with Gasteiger partial charge in [-0.15, -0.1) is 0 Å². The number of para-hydroxylation sites is 1. The van der Waals surface area contributed by atoms with E-state index in [9.17, 15) is 18.0 Å². The number of morpholine rings is 1. The molecule has 1 aliphatic rings. The highest BCUT2D eigenvalue weighted by molar-refractivity contribution is 7.89. The molecule has 1 amide bonds. The van der Waals surface area contributed by atoms with Gasteiger partial charge < -0.3 is 14.8 Å². The number of hydrogen-bond acceptors (Lipinski definition) is 6. The fraction of sp³-hybridized carbons (Fsp3) is 0.263. The lowest BCUT2D eigenvalue weighted by atomic mass is 10.2. The summed E-state index contributed by atoms with van der Waals surface area (Å²) in [7, 11) is -3.63. The highest BCUT2D eigenvalue weighted by Crippen LogP contribution is 2.18. The number of amides is 1. The van der Waals surface area contributed by atoms with Crippen molar-refractivity contribution in [2.75, 3.05) is 38.2 Å². The maximum absolute atomic E-state index is 12.6. The van der Waals surface area contributed by atoms with Gasteiger partial charge in [0.25, 0.3) is 5.91 Å². The average Bonchev–Trinajstić information content (AvgIpc) is 2.73. The molecule has 0 atom stereocenters. The van der Waals surface area contributed by atoms with Crippen LogP contribution in [0, 0.1) is 0 Å². The van der Waals surface area contributed by atoms with Gasteiger partial charge in [0.2, 0.25) is 10.0 Å². The van der Waals surface area contributed by atoms with Crippen LogP contribution >= 0.6 is 0 Å². The Hall–Kier alpha value is -2.75. The topological polar surface area (TPSA) is 102 Å². The van der Waals surface area contributed by atoms with E-state index in [1.165, 1.54) is 28.6 Å². The van der Waals surface area contributed by atoms with Gasteiger partial charge in [-0.05, 0) is 36.4 Å². The molecular weight excluding hydrogens is 384 g/mol. The van der Waals surface area contributed by atoms with Crippen LogP contribution in [0.4, 0.5) is 5.69 Å². The number of sulfonamides is 1. The number of ether oxygens (including phenoxy) is 2. The summed E-state index contributed by atoms with van der Waals surface area (Å²) in [4.78, 5) is 24.0. The van der Waals surface area contributed by atoms with Crippen molar-refractivity contribution in [3.8, 4) is 0 Å². The van der Waals surface area contributed by atoms with Gasteiger partial charge in [0, 0.05) is 18.8 Å². The number of benzene rings is 2. The molecule has 0 aromatic heterocycles. The summed E-state index contributed by atoms with van der Waals surface area (Å²) in [6, 6.07) is 14.2. The van der Waals surface area contributed by atoms with Crippen LogP contribution in [-0.4, -0.2) is 57.5 Å². The van der Waals surface area contributed by atoms with Crippen molar-refractivity contribution in [1.29, 1.82) is 0 Å². The second kappa shape index (κ2) is 8.96. The maximum Gasteiger partial charge on any atom is 0.338 e. The van der Waals surface area contributed by atoms with Crippen molar-refractivity contribution in [3.63, 3.8) is 0 Å². The molecule has 1 fully saturated rings. The predicted molar refractivity (Wildman–Crippen MR) is 101 cm³/mol. The van der Waals surface area contributed by atoms with Crippen molar-refractivity contribution < 1.29 is 27.5 Å². The molecular formula is C19H20N2O6S. The number of nitrogens with one attached hydrogen (secondary N) is 1. The van der Waals surface area contributed by atoms with Gasteiger partial charge in [0.05, 0.1) is 23.7 Å². The fourth-order valence-corrected chi connectivity index (χ4v) is 4.04. The van der Waals surface area contributed by atoms with E-state index in [4.69, 9.17) is 9.47 Å². The van der Waals surface area contributed by atoms with Crippen LogP contribution in [0.2, 0.25) is 0 Å². The van der Waals surface area contributed by atoms with Gasteiger partial charge in [-0.25, -0.2) is 13.2 Å². The van der Waals surface area contributed by atoms with E-state index in [2.05, 4.69) is 5.32 Å². The van der Waals surface area contributed by atoms with Crippen molar-refractivity contribution in [1.82, 2.24) is 4.31 Å². The Labute approximate surface area is 163 Å². The first-order chi connectivity index (χ1) is 13.5. The Balaban J connectivity index is 1.57. The van der Waals surface area contributed by atoms with Crippen LogP contribution in [0.3, 0.4) is 0 Å². The zero-order chi connectivity index (χ0) is 20.0. The van der Waals surface area contributed by atoms with Gasteiger partial charge in [-0.3, -0.25) is 4.79 Å². The molecule has 148 valence electrons. The summed E-state index contributed by atoms with van der Waals surface area (Å²) in [6.07, 6.45) is 0. The molecule has 0 bridgehead atoms. The van der Waals surface area contributed by atoms with Crippen LogP contribution in [0.5, 0.6) is 0 Å². The summed E-state index contributed by atoms with van der Waals surface area (Å²) in [6.45, 7) is 0.857. The molecule has 0 unspecified atom stereocenters. The second-order valence-electron chi connectivity index (χ2n) is 6.03. The Kier molecular flexibility index (Phi) is 6.40. The number of carbonyl (C=O) groups excluding carboxylic acids is 2. The predicted octanol–water partition coefficient (Wildman–Crippen LogP) is 1.50. The molecule has 1 N–H and O–H groups in total. The molecule has 0 aliphatic carbocycles. The van der Waals surface area contributed by atoms with Crippen LogP contribution in [0.25, 0.3) is 0 Å². The van der Waals surface area contributed by atoms with Crippen LogP contribution < -0.4 is 5.32 Å². The molecule has 3 rings (SSSR count). The maximum atomic E-state index is 12.6. The molecule has 0 saturated carbocycles. The molecule has 2 aromatic carbocycles. The molecule has 0 radical (unpaired) electrons. The lowest BCUT2D eigenvalue weighted by Crippen LogP contribution is -2.40. The molecule has 8 nitrogen and oxygen atoms in total. The summed E-state index contributed by atoms with van der Waals surface area (Å²) in [5.74, 6) is -1.18. The number of hydrogen-bond donors (Lipinski definition) is 1. The third-order valence-electron chi connectivity index (χ3n) is 4.09. The van der Waals surface area contributed by atoms with E-state index in [-0.39, 0.29) is 10.5 Å². The summed E-state index contributed by atoms with van der Waals surface area (Å²) in [5, 5.41) is 2.60. The first-order valence-electron chi connectivity index (χ1n) is 8.67. The SMILES string of the molecule is O=C(COC(=O)c1ccc(S(=O)(=O)N2CCOCC2)cc1)Nc1ccccc1. The van der Waals surface area contributed by atoms with Crippen LogP contribution in [-0.2, 0) is 24.3 Å². The quantitative estimate of drug-likeness (QED) is 0.732. The second-order valence-corrected chi connectivity index (χ2v) is 7.97. The smallest absolute Gasteiger partial charge is 0.338 e. The lowest BCUT2D eigenvalue weighted by Gasteiger charge is -2.26. The van der Waals surface area contributed by atoms with Gasteiger partial charge in [-0.2, -0.15) is 4.31 Å². The van der Waals surface area contributed by atoms with Gasteiger partial charge in [0.15, 0.2) is 6.61 Å². The molecule has 1 heterocycles. The third kappa shape index (κ3) is 4.94. The molecule has 9 heteroatoms. The van der Waals surface area contributed by atoms with E-state index in [1.54, 1.807) is 24.3 Å². The minimum atomic E-state index is -3.63. The van der Waals surface area contributed by atoms with E-state index in [0.29, 0.717) is 32.0 Å². The Morgan fingerprint density at radius 3 is 2.29 bits per heavy atom. The van der Waals surface area contributed by atoms with Crippen molar-refractivity contribution in [2.24, 2.45) is 0 Å². The number of rotatable bonds is 6. The lowest BCUT2D eigenvalue weighted by molar-refractivity contribution is -0.119. The Morgan fingerprint density at radius 2 is 1.64 bits per heavy atom. The normalized spacial score (nSPS) is 15.0. The van der Waals surface area contributed by atoms with E-state index < -0.39 is 28.5 Å². The molecule has 0 spiro atoms. The highest BCUT2D eigenvalue weighted by Gasteiger charge is 2.26. The van der Waals surface area contributed by atoms with Crippen molar-refractivity contribution >= 4 is 27.6 Å². The Bertz CT molecular complexity index is 923. The summed E-state index contributed by atoms with van der Waals surface area (Å²) < 4.78 is 36.6. The number of nitrogens with zero attached hydrogens (tertiary/aromatic N) is 1. The number of anilines is 1. The first kappa shape index (κ1) is 20.0. The largest absolute Gasteiger partial charge is 0.452 e. The van der Waals surface area contributed by atoms with E-state index in [1.807, 2.05) is 6.07 Å². The van der Waals surface area contributed by atoms with Crippen molar-refractivity contribution in [3.05, 3.63) is 60.2 Å². The molecule has 2 aromatic rings. The number of carbonyl (C=O) groups is 2. The zero-order valence-corrected chi connectivity index (χ0v) is 15.9. The minimum absolute atomic E-state index is 0.0905. The zero-order valence-electron chi connectivity index (χ0n) is 15.0. The minimum Gasteiger partial charge on any atom is -0.452 e. The fourth-order valence-electron chi connectivity index (χ4n) is 2.63. The third-order valence-corrected chi connectivity index (χ3v) is 6.00.